The van der Waals surface area contributed by atoms with Crippen molar-refractivity contribution in [2.24, 2.45) is 5.41 Å². The fourth-order valence-corrected chi connectivity index (χ4v) is 3.77. The van der Waals surface area contributed by atoms with Gasteiger partial charge in [0.2, 0.25) is 5.91 Å². The van der Waals surface area contributed by atoms with Crippen molar-refractivity contribution in [2.45, 2.75) is 39.2 Å². The lowest BCUT2D eigenvalue weighted by Crippen LogP contribution is -2.56. The molecule has 5 heteroatoms. The monoisotopic (exact) mass is 407 g/mol. The van der Waals surface area contributed by atoms with Gasteiger partial charge in [-0.25, -0.2) is 0 Å². The van der Waals surface area contributed by atoms with E-state index in [1.807, 2.05) is 63.2 Å². The molecule has 1 aliphatic heterocycles. The molecule has 1 amide bonds. The highest BCUT2D eigenvalue weighted by Gasteiger charge is 2.53. The van der Waals surface area contributed by atoms with Crippen LogP contribution in [-0.2, 0) is 20.7 Å². The number of carbonyl (C=O) groups excluding carboxylic acids is 2. The molecular formula is C25H29NO4. The quantitative estimate of drug-likeness (QED) is 0.414. The normalized spacial score (nSPS) is 19.5. The zero-order valence-electron chi connectivity index (χ0n) is 18.1. The lowest BCUT2D eigenvalue weighted by Gasteiger charge is -2.42. The first kappa shape index (κ1) is 21.6. The summed E-state index contributed by atoms with van der Waals surface area (Å²) in [5.74, 6) is -0.0777. The predicted molar refractivity (Wildman–Crippen MR) is 118 cm³/mol. The predicted octanol–water partition coefficient (Wildman–Crippen LogP) is 4.56. The molecule has 158 valence electrons. The maximum absolute atomic E-state index is 13.8. The van der Waals surface area contributed by atoms with E-state index in [2.05, 4.69) is 6.58 Å². The summed E-state index contributed by atoms with van der Waals surface area (Å²) in [5.41, 5.74) is 0.352. The van der Waals surface area contributed by atoms with Crippen molar-refractivity contribution in [1.29, 1.82) is 0 Å². The number of piperidine rings is 1. The topological polar surface area (TPSA) is 55.8 Å². The highest BCUT2D eigenvalue weighted by atomic mass is 16.6. The van der Waals surface area contributed by atoms with E-state index in [0.29, 0.717) is 18.0 Å². The Morgan fingerprint density at radius 1 is 1.10 bits per heavy atom. The minimum absolute atomic E-state index is 0.257. The molecule has 0 spiro atoms. The van der Waals surface area contributed by atoms with Gasteiger partial charge in [0.15, 0.2) is 5.41 Å². The van der Waals surface area contributed by atoms with E-state index in [-0.39, 0.29) is 18.7 Å². The molecule has 1 fully saturated rings. The Hall–Kier alpha value is -3.08. The molecule has 1 unspecified atom stereocenters. The van der Waals surface area contributed by atoms with Gasteiger partial charge in [0.05, 0.1) is 7.11 Å². The average molecular weight is 408 g/mol. The molecule has 1 heterocycles. The van der Waals surface area contributed by atoms with Gasteiger partial charge >= 0.3 is 5.97 Å². The number of amides is 1. The van der Waals surface area contributed by atoms with Gasteiger partial charge in [0.25, 0.3) is 0 Å². The van der Waals surface area contributed by atoms with Crippen LogP contribution < -0.4 is 9.64 Å². The third kappa shape index (κ3) is 4.56. The van der Waals surface area contributed by atoms with E-state index in [4.69, 9.17) is 9.47 Å². The van der Waals surface area contributed by atoms with Crippen molar-refractivity contribution < 1.29 is 19.1 Å². The summed E-state index contributed by atoms with van der Waals surface area (Å²) < 4.78 is 11.0. The molecule has 30 heavy (non-hydrogen) atoms. The fraction of sp³-hybridized carbons (Fsp3) is 0.360. The zero-order chi connectivity index (χ0) is 21.9. The summed E-state index contributed by atoms with van der Waals surface area (Å²) in [4.78, 5) is 28.9. The molecule has 0 radical (unpaired) electrons. The summed E-state index contributed by atoms with van der Waals surface area (Å²) in [6, 6.07) is 16.8. The molecule has 0 aliphatic carbocycles. The lowest BCUT2D eigenvalue weighted by atomic mass is 9.72. The molecule has 3 rings (SSSR count). The Kier molecular flexibility index (Phi) is 6.01. The maximum atomic E-state index is 13.8. The molecular weight excluding hydrogens is 378 g/mol. The van der Waals surface area contributed by atoms with Gasteiger partial charge in [-0.3, -0.25) is 9.59 Å². The molecule has 0 bridgehead atoms. The Morgan fingerprint density at radius 2 is 1.73 bits per heavy atom. The number of hydrogen-bond donors (Lipinski definition) is 0. The maximum Gasteiger partial charge on any atom is 0.322 e. The van der Waals surface area contributed by atoms with E-state index in [9.17, 15) is 9.59 Å². The fourth-order valence-electron chi connectivity index (χ4n) is 3.77. The molecule has 2 aromatic carbocycles. The van der Waals surface area contributed by atoms with Crippen molar-refractivity contribution in [1.82, 2.24) is 0 Å². The second-order valence-electron chi connectivity index (χ2n) is 8.76. The Balaban J connectivity index is 2.05. The first-order valence-electron chi connectivity index (χ1n) is 10.0. The van der Waals surface area contributed by atoms with Gasteiger partial charge in [0, 0.05) is 12.2 Å². The van der Waals surface area contributed by atoms with Crippen LogP contribution in [0.25, 0.3) is 0 Å². The molecule has 0 N–H and O–H groups in total. The van der Waals surface area contributed by atoms with Gasteiger partial charge in [-0.1, -0.05) is 42.5 Å². The van der Waals surface area contributed by atoms with E-state index < -0.39 is 17.0 Å². The first-order chi connectivity index (χ1) is 14.1. The number of nitrogens with zero attached hydrogens (tertiary/aromatic N) is 1. The van der Waals surface area contributed by atoms with Crippen LogP contribution in [0.3, 0.4) is 0 Å². The number of benzene rings is 2. The van der Waals surface area contributed by atoms with E-state index >= 15 is 0 Å². The van der Waals surface area contributed by atoms with E-state index in [0.717, 1.165) is 11.1 Å². The summed E-state index contributed by atoms with van der Waals surface area (Å²) in [5, 5.41) is 0. The second-order valence-corrected chi connectivity index (χ2v) is 8.76. The highest BCUT2D eigenvalue weighted by molar-refractivity contribution is 6.12. The van der Waals surface area contributed by atoms with Crippen molar-refractivity contribution in [3.8, 4) is 5.75 Å². The number of esters is 1. The number of ether oxygens (including phenoxy) is 2. The summed E-state index contributed by atoms with van der Waals surface area (Å²) >= 11 is 0. The summed E-state index contributed by atoms with van der Waals surface area (Å²) in [7, 11) is 1.59. The van der Waals surface area contributed by atoms with Gasteiger partial charge in [-0.2, -0.15) is 0 Å². The Labute approximate surface area is 178 Å². The van der Waals surface area contributed by atoms with Gasteiger partial charge in [-0.05, 0) is 63.4 Å². The Morgan fingerprint density at radius 3 is 2.30 bits per heavy atom. The van der Waals surface area contributed by atoms with Crippen LogP contribution in [0.2, 0.25) is 0 Å². The van der Waals surface area contributed by atoms with Crippen molar-refractivity contribution >= 4 is 17.6 Å². The lowest BCUT2D eigenvalue weighted by molar-refractivity contribution is -0.171. The zero-order valence-corrected chi connectivity index (χ0v) is 18.1. The van der Waals surface area contributed by atoms with Crippen LogP contribution in [0.15, 0.2) is 66.7 Å². The van der Waals surface area contributed by atoms with Crippen molar-refractivity contribution in [3.63, 3.8) is 0 Å². The average Bonchev–Trinajstić information content (AvgIpc) is 2.70. The van der Waals surface area contributed by atoms with Crippen LogP contribution in [-0.4, -0.2) is 31.1 Å². The molecule has 1 atom stereocenters. The van der Waals surface area contributed by atoms with Gasteiger partial charge in [-0.15, -0.1) is 0 Å². The molecule has 5 nitrogen and oxygen atoms in total. The number of anilines is 1. The second kappa shape index (κ2) is 8.34. The van der Waals surface area contributed by atoms with Crippen LogP contribution in [0.5, 0.6) is 5.75 Å². The van der Waals surface area contributed by atoms with Gasteiger partial charge in [0.1, 0.15) is 11.4 Å². The van der Waals surface area contributed by atoms with Crippen LogP contribution >= 0.6 is 0 Å². The molecule has 0 aromatic heterocycles. The minimum Gasteiger partial charge on any atom is -0.497 e. The molecule has 1 aliphatic rings. The summed E-state index contributed by atoms with van der Waals surface area (Å²) in [6.45, 7) is 9.94. The molecule has 1 saturated heterocycles. The minimum atomic E-state index is -1.36. The van der Waals surface area contributed by atoms with E-state index in [1.165, 1.54) is 0 Å². The third-order valence-electron chi connectivity index (χ3n) is 5.11. The Bertz CT molecular complexity index is 928. The number of hydrogen-bond acceptors (Lipinski definition) is 4. The standard InChI is InChI=1S/C25H29NO4/c1-18-15-25(23(28)30-24(2,3)4,16-19-9-7-6-8-10-19)22(27)26(17-18)20-11-13-21(29-5)14-12-20/h6-14H,1,15-17H2,2-5H3. The highest BCUT2D eigenvalue weighted by Crippen LogP contribution is 2.41. The largest absolute Gasteiger partial charge is 0.497 e. The number of carbonyl (C=O) groups is 2. The summed E-state index contributed by atoms with van der Waals surface area (Å²) in [6.07, 6.45) is 0.523. The smallest absolute Gasteiger partial charge is 0.322 e. The molecule has 2 aromatic rings. The van der Waals surface area contributed by atoms with Crippen LogP contribution in [0.1, 0.15) is 32.8 Å². The van der Waals surface area contributed by atoms with Crippen LogP contribution in [0.4, 0.5) is 5.69 Å². The molecule has 0 saturated carbocycles. The third-order valence-corrected chi connectivity index (χ3v) is 5.11. The number of methoxy groups -OCH3 is 1. The van der Waals surface area contributed by atoms with Crippen molar-refractivity contribution in [3.05, 3.63) is 72.3 Å². The first-order valence-corrected chi connectivity index (χ1v) is 10.0. The number of rotatable bonds is 5. The van der Waals surface area contributed by atoms with Crippen molar-refractivity contribution in [2.75, 3.05) is 18.6 Å². The van der Waals surface area contributed by atoms with E-state index in [1.54, 1.807) is 24.1 Å². The van der Waals surface area contributed by atoms with Gasteiger partial charge < -0.3 is 14.4 Å². The SMILES string of the molecule is C=C1CN(c2ccc(OC)cc2)C(=O)C(Cc2ccccc2)(C(=O)OC(C)(C)C)C1. The van der Waals surface area contributed by atoms with Crippen LogP contribution in [0, 0.1) is 5.41 Å².